The third-order valence-electron chi connectivity index (χ3n) is 2.92. The molecule has 0 aliphatic rings. The number of rotatable bonds is 4. The number of pyridine rings is 1. The molecule has 2 rings (SSSR count). The second kappa shape index (κ2) is 6.67. The minimum atomic E-state index is -0.0312. The van der Waals surface area contributed by atoms with E-state index in [0.717, 1.165) is 22.3 Å². The molecule has 2 aromatic rings. The molecule has 1 heterocycles. The summed E-state index contributed by atoms with van der Waals surface area (Å²) in [4.78, 5) is 19.3. The lowest BCUT2D eigenvalue weighted by molar-refractivity contribution is 1.00. The van der Waals surface area contributed by atoms with Gasteiger partial charge in [0.1, 0.15) is 0 Å². The van der Waals surface area contributed by atoms with Crippen molar-refractivity contribution in [2.24, 2.45) is 10.7 Å². The van der Waals surface area contributed by atoms with Crippen molar-refractivity contribution in [3.63, 3.8) is 0 Å². The summed E-state index contributed by atoms with van der Waals surface area (Å²) in [6, 6.07) is 7.23. The van der Waals surface area contributed by atoms with E-state index in [1.54, 1.807) is 19.3 Å². The first-order chi connectivity index (χ1) is 9.69. The minimum absolute atomic E-state index is 0.0312. The lowest BCUT2D eigenvalue weighted by atomic mass is 10.0. The molecule has 0 radical (unpaired) electrons. The van der Waals surface area contributed by atoms with Crippen molar-refractivity contribution in [1.29, 1.82) is 0 Å². The summed E-state index contributed by atoms with van der Waals surface area (Å²) in [6.07, 6.45) is 3.58. The molecule has 6 heteroatoms. The summed E-state index contributed by atoms with van der Waals surface area (Å²) >= 11 is 2.03. The molecule has 0 spiro atoms. The van der Waals surface area contributed by atoms with Gasteiger partial charge in [0, 0.05) is 54.2 Å². The Kier molecular flexibility index (Phi) is 4.91. The molecule has 0 amide bonds. The van der Waals surface area contributed by atoms with Crippen molar-refractivity contribution in [3.8, 4) is 0 Å². The minimum Gasteiger partial charge on any atom is -0.357 e. The monoisotopic (exact) mass is 382 g/mol. The van der Waals surface area contributed by atoms with Gasteiger partial charge in [-0.25, -0.2) is 0 Å². The van der Waals surface area contributed by atoms with Crippen molar-refractivity contribution in [1.82, 2.24) is 8.51 Å². The SMILES string of the molecule is CN=CC(=CNI)c1ccc2[nH]c(CN)cc(=O)c2c1. The van der Waals surface area contributed by atoms with Crippen molar-refractivity contribution >= 4 is 45.6 Å². The number of benzene rings is 1. The Bertz CT molecular complexity index is 734. The van der Waals surface area contributed by atoms with Crippen LogP contribution in [0.4, 0.5) is 0 Å². The van der Waals surface area contributed by atoms with E-state index in [1.165, 1.54) is 0 Å². The number of allylic oxidation sites excluding steroid dienone is 1. The van der Waals surface area contributed by atoms with Crippen molar-refractivity contribution in [2.45, 2.75) is 6.54 Å². The van der Waals surface area contributed by atoms with Gasteiger partial charge in [0.25, 0.3) is 0 Å². The van der Waals surface area contributed by atoms with E-state index < -0.39 is 0 Å². The van der Waals surface area contributed by atoms with Crippen LogP contribution in [0.2, 0.25) is 0 Å². The van der Waals surface area contributed by atoms with E-state index in [2.05, 4.69) is 13.5 Å². The van der Waals surface area contributed by atoms with Gasteiger partial charge in [0.05, 0.1) is 22.9 Å². The summed E-state index contributed by atoms with van der Waals surface area (Å²) in [5.41, 5.74) is 8.89. The fraction of sp³-hybridized carbons (Fsp3) is 0.143. The zero-order valence-corrected chi connectivity index (χ0v) is 13.1. The molecular weight excluding hydrogens is 367 g/mol. The molecule has 0 aliphatic carbocycles. The zero-order valence-electron chi connectivity index (χ0n) is 11.0. The largest absolute Gasteiger partial charge is 0.357 e. The average molecular weight is 382 g/mol. The van der Waals surface area contributed by atoms with Crippen LogP contribution in [0.1, 0.15) is 11.3 Å². The lowest BCUT2D eigenvalue weighted by Gasteiger charge is -2.06. The molecule has 1 aromatic heterocycles. The number of aromatic amines is 1. The maximum Gasteiger partial charge on any atom is 0.189 e. The summed E-state index contributed by atoms with van der Waals surface area (Å²) in [7, 11) is 1.71. The van der Waals surface area contributed by atoms with E-state index in [0.29, 0.717) is 11.9 Å². The summed E-state index contributed by atoms with van der Waals surface area (Å²) in [5.74, 6) is 0. The Morgan fingerprint density at radius 1 is 1.50 bits per heavy atom. The molecule has 5 nitrogen and oxygen atoms in total. The summed E-state index contributed by atoms with van der Waals surface area (Å²) < 4.78 is 2.95. The molecule has 1 aromatic carbocycles. The number of nitrogens with two attached hydrogens (primary N) is 1. The highest BCUT2D eigenvalue weighted by Crippen LogP contribution is 2.17. The number of aliphatic imine (C=N–C) groups is 1. The Balaban J connectivity index is 2.62. The fourth-order valence-corrected chi connectivity index (χ4v) is 2.32. The third-order valence-corrected chi connectivity index (χ3v) is 3.23. The summed E-state index contributed by atoms with van der Waals surface area (Å²) in [6.45, 7) is 0.319. The predicted molar refractivity (Wildman–Crippen MR) is 92.0 cm³/mol. The molecule has 4 N–H and O–H groups in total. The number of hydrogen-bond acceptors (Lipinski definition) is 4. The van der Waals surface area contributed by atoms with Gasteiger partial charge < -0.3 is 14.2 Å². The van der Waals surface area contributed by atoms with E-state index >= 15 is 0 Å². The normalized spacial score (nSPS) is 12.2. The van der Waals surface area contributed by atoms with Crippen LogP contribution in [-0.4, -0.2) is 18.2 Å². The number of nitrogens with one attached hydrogen (secondary N) is 2. The van der Waals surface area contributed by atoms with Gasteiger partial charge in [-0.1, -0.05) is 6.07 Å². The third kappa shape index (κ3) is 3.07. The Morgan fingerprint density at radius 2 is 2.30 bits per heavy atom. The highest BCUT2D eigenvalue weighted by molar-refractivity contribution is 14.1. The quantitative estimate of drug-likeness (QED) is 0.430. The van der Waals surface area contributed by atoms with Crippen LogP contribution >= 0.6 is 22.9 Å². The molecule has 0 bridgehead atoms. The first-order valence-corrected chi connectivity index (χ1v) is 7.12. The van der Waals surface area contributed by atoms with Crippen LogP contribution in [0.15, 0.2) is 40.3 Å². The number of aromatic nitrogens is 1. The molecule has 0 unspecified atom stereocenters. The van der Waals surface area contributed by atoms with Gasteiger partial charge in [0.15, 0.2) is 5.43 Å². The first-order valence-electron chi connectivity index (χ1n) is 6.04. The molecule has 0 fully saturated rings. The van der Waals surface area contributed by atoms with Crippen LogP contribution in [0.5, 0.6) is 0 Å². The second-order valence-corrected chi connectivity index (χ2v) is 4.84. The van der Waals surface area contributed by atoms with E-state index in [4.69, 9.17) is 5.73 Å². The maximum absolute atomic E-state index is 12.1. The van der Waals surface area contributed by atoms with E-state index in [-0.39, 0.29) is 5.43 Å². The number of hydrogen-bond donors (Lipinski definition) is 3. The molecule has 20 heavy (non-hydrogen) atoms. The number of H-pyrrole nitrogens is 1. The van der Waals surface area contributed by atoms with Crippen LogP contribution < -0.4 is 14.7 Å². The zero-order chi connectivity index (χ0) is 14.5. The van der Waals surface area contributed by atoms with E-state index in [1.807, 2.05) is 47.3 Å². The molecule has 104 valence electrons. The lowest BCUT2D eigenvalue weighted by Crippen LogP contribution is -2.08. The molecule has 0 saturated heterocycles. The van der Waals surface area contributed by atoms with Gasteiger partial charge >= 0.3 is 0 Å². The number of fused-ring (bicyclic) bond motifs is 1. The molecule has 0 saturated carbocycles. The van der Waals surface area contributed by atoms with Gasteiger partial charge in [-0.05, 0) is 17.7 Å². The number of nitrogens with zero attached hydrogens (tertiary/aromatic N) is 1. The topological polar surface area (TPSA) is 83.3 Å². The van der Waals surface area contributed by atoms with Gasteiger partial charge in [-0.3, -0.25) is 9.79 Å². The molecular formula is C14H15IN4O. The Morgan fingerprint density at radius 3 is 2.95 bits per heavy atom. The van der Waals surface area contributed by atoms with Gasteiger partial charge in [0.2, 0.25) is 0 Å². The maximum atomic E-state index is 12.1. The Hall–Kier alpha value is -1.67. The van der Waals surface area contributed by atoms with Crippen LogP contribution in [-0.2, 0) is 6.54 Å². The van der Waals surface area contributed by atoms with Crippen LogP contribution in [0.3, 0.4) is 0 Å². The van der Waals surface area contributed by atoms with Crippen molar-refractivity contribution in [2.75, 3.05) is 7.05 Å². The van der Waals surface area contributed by atoms with E-state index in [9.17, 15) is 4.79 Å². The van der Waals surface area contributed by atoms with Gasteiger partial charge in [-0.2, -0.15) is 0 Å². The average Bonchev–Trinajstić information content (AvgIpc) is 2.46. The van der Waals surface area contributed by atoms with Crippen LogP contribution in [0, 0.1) is 0 Å². The van der Waals surface area contributed by atoms with Gasteiger partial charge in [-0.15, -0.1) is 0 Å². The standard InChI is InChI=1S/C14H15IN4O/c1-17-7-10(8-18-15)9-2-3-13-12(4-9)14(20)5-11(6-16)19-13/h2-5,7-8,18H,6,16H2,1H3,(H,19,20). The molecule has 0 aliphatic heterocycles. The fourth-order valence-electron chi connectivity index (χ4n) is 1.98. The highest BCUT2D eigenvalue weighted by Gasteiger charge is 2.05. The summed E-state index contributed by atoms with van der Waals surface area (Å²) in [5, 5.41) is 0.642. The predicted octanol–water partition coefficient (Wildman–Crippen LogP) is 1.97. The van der Waals surface area contributed by atoms with Crippen LogP contribution in [0.25, 0.3) is 16.5 Å². The highest BCUT2D eigenvalue weighted by atomic mass is 127. The van der Waals surface area contributed by atoms with Crippen molar-refractivity contribution < 1.29 is 0 Å². The smallest absolute Gasteiger partial charge is 0.189 e. The second-order valence-electron chi connectivity index (χ2n) is 4.22. The van der Waals surface area contributed by atoms with Crippen molar-refractivity contribution in [3.05, 3.63) is 51.9 Å². The first kappa shape index (κ1) is 14.7. The number of halogens is 1. The Labute approximate surface area is 130 Å². The molecule has 0 atom stereocenters.